The summed E-state index contributed by atoms with van der Waals surface area (Å²) in [6.45, 7) is 0. The summed E-state index contributed by atoms with van der Waals surface area (Å²) in [5.41, 5.74) is 11.8. The molecule has 0 aliphatic carbocycles. The second kappa shape index (κ2) is 12.2. The van der Waals surface area contributed by atoms with Gasteiger partial charge in [-0.2, -0.15) is 0 Å². The Morgan fingerprint density at radius 1 is 0.392 bits per heavy atom. The maximum Gasteiger partial charge on any atom is 0.160 e. The fraction of sp³-hybridized carbons (Fsp3) is 0. The van der Waals surface area contributed by atoms with Gasteiger partial charge in [0.2, 0.25) is 0 Å². The Morgan fingerprint density at radius 2 is 1.00 bits per heavy atom. The molecule has 10 aromatic rings. The maximum absolute atomic E-state index is 6.85. The normalized spacial score (nSPS) is 11.5. The number of thiophene rings is 1. The molecule has 0 bridgehead atoms. The lowest BCUT2D eigenvalue weighted by Crippen LogP contribution is -2.13. The smallest absolute Gasteiger partial charge is 0.160 e. The Bertz CT molecular complexity index is 2850. The zero-order valence-corrected chi connectivity index (χ0v) is 28.5. The third-order valence-electron chi connectivity index (χ3n) is 9.90. The highest BCUT2D eigenvalue weighted by molar-refractivity contribution is 7.25. The minimum Gasteiger partial charge on any atom is -0.454 e. The number of hydrogen-bond acceptors (Lipinski definition) is 3. The van der Waals surface area contributed by atoms with E-state index >= 15 is 0 Å². The lowest BCUT2D eigenvalue weighted by atomic mass is 9.96. The summed E-state index contributed by atoms with van der Waals surface area (Å²) in [5.74, 6) is 0. The number of nitrogens with zero attached hydrogens (tertiary/aromatic N) is 1. The Labute approximate surface area is 300 Å². The zero-order valence-electron chi connectivity index (χ0n) is 27.7. The van der Waals surface area contributed by atoms with E-state index in [1.165, 1.54) is 31.3 Å². The third kappa shape index (κ3) is 4.93. The third-order valence-corrected chi connectivity index (χ3v) is 11.0. The summed E-state index contributed by atoms with van der Waals surface area (Å²) < 4.78 is 9.47. The minimum atomic E-state index is 0.860. The van der Waals surface area contributed by atoms with Gasteiger partial charge in [0.1, 0.15) is 5.58 Å². The van der Waals surface area contributed by atoms with Gasteiger partial charge < -0.3 is 9.32 Å². The molecule has 0 unspecified atom stereocenters. The second-order valence-corrected chi connectivity index (χ2v) is 13.9. The molecule has 0 amide bonds. The number of para-hydroxylation sites is 2. The molecule has 51 heavy (non-hydrogen) atoms. The van der Waals surface area contributed by atoms with Crippen molar-refractivity contribution >= 4 is 70.5 Å². The van der Waals surface area contributed by atoms with Crippen molar-refractivity contribution in [3.8, 4) is 33.4 Å². The van der Waals surface area contributed by atoms with Crippen molar-refractivity contribution in [3.63, 3.8) is 0 Å². The van der Waals surface area contributed by atoms with Crippen molar-refractivity contribution in [3.05, 3.63) is 188 Å². The second-order valence-electron chi connectivity index (χ2n) is 12.8. The van der Waals surface area contributed by atoms with Crippen LogP contribution in [0, 0.1) is 0 Å². The average molecular weight is 670 g/mol. The summed E-state index contributed by atoms with van der Waals surface area (Å²) >= 11 is 1.86. The average Bonchev–Trinajstić information content (AvgIpc) is 3.78. The SMILES string of the molecule is c1ccc(-c2ccccc2N(c2ccc(-c3cccc4sc5ccccc5c34)cc2)c2c(-c3ccccc3)ccc3c2oc2ccccc23)cc1. The molecule has 2 aromatic heterocycles. The fourth-order valence-corrected chi connectivity index (χ4v) is 8.70. The van der Waals surface area contributed by atoms with Crippen molar-refractivity contribution in [1.82, 2.24) is 0 Å². The Balaban J connectivity index is 1.25. The fourth-order valence-electron chi connectivity index (χ4n) is 7.57. The molecule has 0 saturated heterocycles. The first-order valence-electron chi connectivity index (χ1n) is 17.3. The monoisotopic (exact) mass is 669 g/mol. The van der Waals surface area contributed by atoms with Crippen LogP contribution in [0.4, 0.5) is 17.1 Å². The van der Waals surface area contributed by atoms with E-state index in [-0.39, 0.29) is 0 Å². The molecular weight excluding hydrogens is 639 g/mol. The van der Waals surface area contributed by atoms with Crippen LogP contribution in [0.3, 0.4) is 0 Å². The van der Waals surface area contributed by atoms with Crippen LogP contribution in [0.15, 0.2) is 192 Å². The van der Waals surface area contributed by atoms with Crippen LogP contribution in [0.1, 0.15) is 0 Å². The molecule has 2 heterocycles. The van der Waals surface area contributed by atoms with E-state index in [1.54, 1.807) is 0 Å². The summed E-state index contributed by atoms with van der Waals surface area (Å²) in [6, 6.07) is 67.3. The van der Waals surface area contributed by atoms with Gasteiger partial charge in [-0.05, 0) is 64.7 Å². The van der Waals surface area contributed by atoms with Crippen molar-refractivity contribution in [2.24, 2.45) is 0 Å². The largest absolute Gasteiger partial charge is 0.454 e. The van der Waals surface area contributed by atoms with Crippen molar-refractivity contribution < 1.29 is 4.42 Å². The van der Waals surface area contributed by atoms with Crippen LogP contribution < -0.4 is 4.90 Å². The number of fused-ring (bicyclic) bond motifs is 6. The summed E-state index contributed by atoms with van der Waals surface area (Å²) in [5, 5.41) is 4.82. The van der Waals surface area contributed by atoms with E-state index < -0.39 is 0 Å². The first-order valence-corrected chi connectivity index (χ1v) is 18.1. The Hall–Kier alpha value is -6.42. The standard InChI is InChI=1S/C48H31NOS/c1-3-14-32(15-4-1)36-18-7-10-22-42(36)49(35-28-26-34(27-29-35)37-21-13-25-45-46(37)41-20-9-12-24-44(41)51-45)47-38(33-16-5-2-6-17-33)30-31-40-39-19-8-11-23-43(39)50-48(40)47/h1-31H. The molecule has 240 valence electrons. The van der Waals surface area contributed by atoms with Gasteiger partial charge in [0, 0.05) is 47.8 Å². The van der Waals surface area contributed by atoms with Crippen LogP contribution in [0.25, 0.3) is 75.5 Å². The predicted octanol–water partition coefficient (Wildman–Crippen LogP) is 14.4. The predicted molar refractivity (Wildman–Crippen MR) is 218 cm³/mol. The highest BCUT2D eigenvalue weighted by atomic mass is 32.1. The van der Waals surface area contributed by atoms with Gasteiger partial charge in [0.15, 0.2) is 5.58 Å². The summed E-state index contributed by atoms with van der Waals surface area (Å²) in [4.78, 5) is 2.40. The van der Waals surface area contributed by atoms with Gasteiger partial charge in [-0.25, -0.2) is 0 Å². The Kier molecular flexibility index (Phi) is 7.04. The summed E-state index contributed by atoms with van der Waals surface area (Å²) in [6.07, 6.45) is 0. The van der Waals surface area contributed by atoms with Crippen LogP contribution in [-0.4, -0.2) is 0 Å². The molecule has 0 aliphatic heterocycles. The molecule has 0 aliphatic rings. The van der Waals surface area contributed by atoms with Gasteiger partial charge >= 0.3 is 0 Å². The van der Waals surface area contributed by atoms with Crippen molar-refractivity contribution in [1.29, 1.82) is 0 Å². The van der Waals surface area contributed by atoms with E-state index in [4.69, 9.17) is 4.42 Å². The molecule has 0 N–H and O–H groups in total. The molecule has 3 heteroatoms. The van der Waals surface area contributed by atoms with E-state index in [2.05, 4.69) is 187 Å². The molecular formula is C48H31NOS. The number of benzene rings is 8. The Morgan fingerprint density at radius 3 is 1.80 bits per heavy atom. The zero-order chi connectivity index (χ0) is 33.7. The molecule has 0 saturated carbocycles. The lowest BCUT2D eigenvalue weighted by Gasteiger charge is -2.30. The summed E-state index contributed by atoms with van der Waals surface area (Å²) in [7, 11) is 0. The first kappa shape index (κ1) is 29.5. The van der Waals surface area contributed by atoms with E-state index in [1.807, 2.05) is 17.4 Å². The van der Waals surface area contributed by atoms with Gasteiger partial charge in [0.25, 0.3) is 0 Å². The van der Waals surface area contributed by atoms with E-state index in [0.29, 0.717) is 0 Å². The van der Waals surface area contributed by atoms with E-state index in [0.717, 1.165) is 61.3 Å². The van der Waals surface area contributed by atoms with Gasteiger partial charge in [-0.3, -0.25) is 0 Å². The van der Waals surface area contributed by atoms with Crippen LogP contribution in [-0.2, 0) is 0 Å². The molecule has 0 spiro atoms. The van der Waals surface area contributed by atoms with Crippen LogP contribution in [0.5, 0.6) is 0 Å². The number of furan rings is 1. The van der Waals surface area contributed by atoms with Gasteiger partial charge in [-0.15, -0.1) is 11.3 Å². The molecule has 10 rings (SSSR count). The highest BCUT2D eigenvalue weighted by Crippen LogP contribution is 2.50. The first-order chi connectivity index (χ1) is 25.3. The molecule has 0 atom stereocenters. The number of hydrogen-bond donors (Lipinski definition) is 0. The molecule has 0 radical (unpaired) electrons. The lowest BCUT2D eigenvalue weighted by molar-refractivity contribution is 0.669. The molecule has 2 nitrogen and oxygen atoms in total. The van der Waals surface area contributed by atoms with Crippen LogP contribution in [0.2, 0.25) is 0 Å². The number of rotatable bonds is 6. The van der Waals surface area contributed by atoms with Crippen LogP contribution >= 0.6 is 11.3 Å². The minimum absolute atomic E-state index is 0.860. The topological polar surface area (TPSA) is 16.4 Å². The quantitative estimate of drug-likeness (QED) is 0.175. The maximum atomic E-state index is 6.85. The number of anilines is 3. The molecule has 8 aromatic carbocycles. The molecule has 0 fully saturated rings. The highest BCUT2D eigenvalue weighted by Gasteiger charge is 2.26. The van der Waals surface area contributed by atoms with Crippen molar-refractivity contribution in [2.45, 2.75) is 0 Å². The van der Waals surface area contributed by atoms with Gasteiger partial charge in [-0.1, -0.05) is 146 Å². The van der Waals surface area contributed by atoms with Crippen molar-refractivity contribution in [2.75, 3.05) is 4.90 Å². The van der Waals surface area contributed by atoms with E-state index in [9.17, 15) is 0 Å². The van der Waals surface area contributed by atoms with Gasteiger partial charge in [0.05, 0.1) is 11.4 Å².